The molecular weight excluding hydrogens is 308 g/mol. The number of carbonyl (C=O) groups excluding carboxylic acids is 2. The number of hydrogen-bond donors (Lipinski definition) is 2. The maximum absolute atomic E-state index is 11.3. The first kappa shape index (κ1) is 17.8. The second-order valence-electron chi connectivity index (χ2n) is 5.92. The number of primary amides is 2. The Morgan fingerprint density at radius 2 is 1.75 bits per heavy atom. The van der Waals surface area contributed by atoms with Gasteiger partial charge in [-0.2, -0.15) is 0 Å². The quantitative estimate of drug-likeness (QED) is 0.722. The molecule has 2 amide bonds. The molecule has 0 radical (unpaired) electrons. The van der Waals surface area contributed by atoms with Crippen LogP contribution in [0.3, 0.4) is 0 Å². The Bertz CT molecular complexity index is 622. The van der Waals surface area contributed by atoms with E-state index >= 15 is 0 Å². The molecule has 2 rings (SSSR count). The lowest BCUT2D eigenvalue weighted by atomic mass is 9.86. The van der Waals surface area contributed by atoms with Crippen LogP contribution in [0.15, 0.2) is 30.0 Å². The molecule has 0 saturated heterocycles. The van der Waals surface area contributed by atoms with Gasteiger partial charge in [0.05, 0.1) is 6.61 Å². The van der Waals surface area contributed by atoms with Crippen molar-refractivity contribution in [1.82, 2.24) is 0 Å². The first-order chi connectivity index (χ1) is 11.5. The van der Waals surface area contributed by atoms with E-state index in [-0.39, 0.29) is 12.8 Å². The molecule has 0 aromatic heterocycles. The Labute approximate surface area is 141 Å². The molecule has 4 N–H and O–H groups in total. The minimum Gasteiger partial charge on any atom is -0.494 e. The molecule has 0 spiro atoms. The Morgan fingerprint density at radius 1 is 1.12 bits per heavy atom. The SMILES string of the molecule is CCCOC1=Cc2ccccc2OC1(CCC(N)=O)CCC(N)=O. The standard InChI is InChI=1S/C18H24N2O4/c1-2-11-23-15-12-13-5-3-4-6-14(13)24-18(15,9-7-16(19)21)10-8-17(20)22/h3-6,12H,2,7-11H2,1H3,(H2,19,21)(H2,20,22). The Morgan fingerprint density at radius 3 is 2.33 bits per heavy atom. The van der Waals surface area contributed by atoms with Crippen molar-refractivity contribution < 1.29 is 19.1 Å². The maximum Gasteiger partial charge on any atom is 0.217 e. The molecule has 6 nitrogen and oxygen atoms in total. The van der Waals surface area contributed by atoms with Crippen LogP contribution >= 0.6 is 0 Å². The van der Waals surface area contributed by atoms with Crippen molar-refractivity contribution in [2.75, 3.05) is 6.61 Å². The molecule has 0 saturated carbocycles. The molecule has 1 heterocycles. The van der Waals surface area contributed by atoms with E-state index in [9.17, 15) is 9.59 Å². The number of ether oxygens (including phenoxy) is 2. The molecule has 24 heavy (non-hydrogen) atoms. The summed E-state index contributed by atoms with van der Waals surface area (Å²) >= 11 is 0. The zero-order chi connectivity index (χ0) is 17.6. The van der Waals surface area contributed by atoms with E-state index in [1.165, 1.54) is 0 Å². The van der Waals surface area contributed by atoms with E-state index < -0.39 is 17.4 Å². The average molecular weight is 332 g/mol. The Balaban J connectivity index is 2.39. The van der Waals surface area contributed by atoms with E-state index in [2.05, 4.69) is 0 Å². The van der Waals surface area contributed by atoms with Gasteiger partial charge in [0.15, 0.2) is 5.60 Å². The number of benzene rings is 1. The molecule has 1 aromatic carbocycles. The normalized spacial score (nSPS) is 15.0. The Hall–Kier alpha value is -2.50. The number of rotatable bonds is 9. The van der Waals surface area contributed by atoms with E-state index in [1.807, 2.05) is 37.3 Å². The third kappa shape index (κ3) is 4.28. The molecule has 0 aliphatic carbocycles. The van der Waals surface area contributed by atoms with Crippen LogP contribution in [0.4, 0.5) is 0 Å². The zero-order valence-corrected chi connectivity index (χ0v) is 13.9. The van der Waals surface area contributed by atoms with Crippen molar-refractivity contribution in [2.45, 2.75) is 44.6 Å². The number of para-hydroxylation sites is 1. The molecule has 0 bridgehead atoms. The molecule has 6 heteroatoms. The van der Waals surface area contributed by atoms with E-state index in [1.54, 1.807) is 0 Å². The van der Waals surface area contributed by atoms with Gasteiger partial charge in [-0.15, -0.1) is 0 Å². The van der Waals surface area contributed by atoms with Crippen LogP contribution in [0.5, 0.6) is 5.75 Å². The van der Waals surface area contributed by atoms with Crippen molar-refractivity contribution in [3.05, 3.63) is 35.6 Å². The van der Waals surface area contributed by atoms with Gasteiger partial charge in [-0.05, 0) is 18.6 Å². The highest BCUT2D eigenvalue weighted by molar-refractivity contribution is 5.75. The molecule has 0 fully saturated rings. The van der Waals surface area contributed by atoms with Crippen LogP contribution in [0, 0.1) is 0 Å². The number of nitrogens with two attached hydrogens (primary N) is 2. The average Bonchev–Trinajstić information content (AvgIpc) is 2.56. The van der Waals surface area contributed by atoms with Crippen molar-refractivity contribution >= 4 is 17.9 Å². The summed E-state index contributed by atoms with van der Waals surface area (Å²) in [7, 11) is 0. The maximum atomic E-state index is 11.3. The predicted octanol–water partition coefficient (Wildman–Crippen LogP) is 2.12. The van der Waals surface area contributed by atoms with Crippen molar-refractivity contribution in [3.8, 4) is 5.75 Å². The first-order valence-corrected chi connectivity index (χ1v) is 8.16. The van der Waals surface area contributed by atoms with Crippen molar-refractivity contribution in [3.63, 3.8) is 0 Å². The summed E-state index contributed by atoms with van der Waals surface area (Å²) in [4.78, 5) is 22.6. The summed E-state index contributed by atoms with van der Waals surface area (Å²) in [5.74, 6) is 0.456. The van der Waals surface area contributed by atoms with Gasteiger partial charge in [-0.1, -0.05) is 25.1 Å². The van der Waals surface area contributed by atoms with Gasteiger partial charge in [0.1, 0.15) is 11.5 Å². The van der Waals surface area contributed by atoms with Gasteiger partial charge in [0.2, 0.25) is 11.8 Å². The molecule has 0 unspecified atom stereocenters. The lowest BCUT2D eigenvalue weighted by molar-refractivity contribution is -0.119. The smallest absolute Gasteiger partial charge is 0.217 e. The third-order valence-electron chi connectivity index (χ3n) is 3.97. The fourth-order valence-corrected chi connectivity index (χ4v) is 2.74. The zero-order valence-electron chi connectivity index (χ0n) is 13.9. The predicted molar refractivity (Wildman–Crippen MR) is 90.9 cm³/mol. The van der Waals surface area contributed by atoms with Crippen LogP contribution < -0.4 is 16.2 Å². The fourth-order valence-electron chi connectivity index (χ4n) is 2.74. The molecule has 1 aromatic rings. The molecule has 130 valence electrons. The summed E-state index contributed by atoms with van der Waals surface area (Å²) in [6.07, 6.45) is 3.68. The molecular formula is C18H24N2O4. The van der Waals surface area contributed by atoms with E-state index in [4.69, 9.17) is 20.9 Å². The van der Waals surface area contributed by atoms with E-state index in [0.29, 0.717) is 31.0 Å². The van der Waals surface area contributed by atoms with Crippen molar-refractivity contribution in [1.29, 1.82) is 0 Å². The lowest BCUT2D eigenvalue weighted by Crippen LogP contribution is -2.43. The minimum absolute atomic E-state index is 0.133. The van der Waals surface area contributed by atoms with Gasteiger partial charge in [-0.3, -0.25) is 9.59 Å². The van der Waals surface area contributed by atoms with Crippen molar-refractivity contribution in [2.24, 2.45) is 11.5 Å². The summed E-state index contributed by atoms with van der Waals surface area (Å²) < 4.78 is 12.1. The minimum atomic E-state index is -0.909. The Kier molecular flexibility index (Phi) is 5.84. The second kappa shape index (κ2) is 7.86. The second-order valence-corrected chi connectivity index (χ2v) is 5.92. The largest absolute Gasteiger partial charge is 0.494 e. The summed E-state index contributed by atoms with van der Waals surface area (Å²) in [6, 6.07) is 7.57. The van der Waals surface area contributed by atoms with E-state index in [0.717, 1.165) is 12.0 Å². The van der Waals surface area contributed by atoms with Gasteiger partial charge >= 0.3 is 0 Å². The highest BCUT2D eigenvalue weighted by atomic mass is 16.5. The molecule has 0 atom stereocenters. The molecule has 1 aliphatic heterocycles. The van der Waals surface area contributed by atoms with Crippen LogP contribution in [-0.4, -0.2) is 24.0 Å². The lowest BCUT2D eigenvalue weighted by Gasteiger charge is -2.39. The summed E-state index contributed by atoms with van der Waals surface area (Å²) in [5.41, 5.74) is 10.6. The first-order valence-electron chi connectivity index (χ1n) is 8.16. The topological polar surface area (TPSA) is 105 Å². The number of hydrogen-bond acceptors (Lipinski definition) is 4. The van der Waals surface area contributed by atoms with Gasteiger partial charge in [-0.25, -0.2) is 0 Å². The molecule has 1 aliphatic rings. The fraction of sp³-hybridized carbons (Fsp3) is 0.444. The van der Waals surface area contributed by atoms with Gasteiger partial charge in [0.25, 0.3) is 0 Å². The van der Waals surface area contributed by atoms with Crippen LogP contribution in [0.25, 0.3) is 6.08 Å². The summed E-state index contributed by atoms with van der Waals surface area (Å²) in [5, 5.41) is 0. The monoisotopic (exact) mass is 332 g/mol. The third-order valence-corrected chi connectivity index (χ3v) is 3.97. The summed E-state index contributed by atoms with van der Waals surface area (Å²) in [6.45, 7) is 2.53. The number of amides is 2. The number of fused-ring (bicyclic) bond motifs is 1. The van der Waals surface area contributed by atoms with Crippen LogP contribution in [0.1, 0.15) is 44.6 Å². The van der Waals surface area contributed by atoms with Gasteiger partial charge in [0, 0.05) is 31.2 Å². The van der Waals surface area contributed by atoms with Gasteiger partial charge < -0.3 is 20.9 Å². The van der Waals surface area contributed by atoms with Crippen LogP contribution in [0.2, 0.25) is 0 Å². The highest BCUT2D eigenvalue weighted by Gasteiger charge is 2.41. The highest BCUT2D eigenvalue weighted by Crippen LogP contribution is 2.41. The number of carbonyl (C=O) groups is 2. The van der Waals surface area contributed by atoms with Crippen LogP contribution in [-0.2, 0) is 14.3 Å².